The molecule has 0 aliphatic rings. The molecule has 2 nitrogen and oxygen atoms in total. The Morgan fingerprint density at radius 1 is 1.12 bits per heavy atom. The van der Waals surface area contributed by atoms with E-state index >= 15 is 0 Å². The molecule has 0 spiro atoms. The molecule has 90 valence electrons. The smallest absolute Gasteiger partial charge is 0.0818 e. The van der Waals surface area contributed by atoms with E-state index in [0.29, 0.717) is 12.5 Å². The van der Waals surface area contributed by atoms with Gasteiger partial charge in [-0.25, -0.2) is 0 Å². The van der Waals surface area contributed by atoms with E-state index in [1.54, 1.807) is 7.11 Å². The van der Waals surface area contributed by atoms with E-state index in [0.717, 1.165) is 24.0 Å². The summed E-state index contributed by atoms with van der Waals surface area (Å²) in [6.45, 7) is 4.87. The molecule has 1 N–H and O–H groups in total. The quantitative estimate of drug-likeness (QED) is 0.800. The Bertz CT molecular complexity index is 288. The van der Waals surface area contributed by atoms with Crippen LogP contribution in [0, 0.1) is 5.92 Å². The number of hydrogen-bond donors (Lipinski definition) is 1. The third kappa shape index (κ3) is 3.32. The first-order valence-electron chi connectivity index (χ1n) is 5.98. The fourth-order valence-corrected chi connectivity index (χ4v) is 1.99. The van der Waals surface area contributed by atoms with Gasteiger partial charge in [-0.2, -0.15) is 0 Å². The highest BCUT2D eigenvalue weighted by Gasteiger charge is 2.16. The average Bonchev–Trinajstić information content (AvgIpc) is 2.32. The molecule has 0 saturated carbocycles. The lowest BCUT2D eigenvalue weighted by molar-refractivity contribution is 0.103. The molecule has 1 aromatic carbocycles. The van der Waals surface area contributed by atoms with Crippen LogP contribution in [0.25, 0.3) is 0 Å². The van der Waals surface area contributed by atoms with Gasteiger partial charge in [0.25, 0.3) is 0 Å². The number of aliphatic hydroxyl groups is 1. The van der Waals surface area contributed by atoms with Gasteiger partial charge < -0.3 is 9.84 Å². The number of hydrogen-bond acceptors (Lipinski definition) is 2. The molecule has 1 atom stereocenters. The molecule has 0 aliphatic heterocycles. The molecule has 0 amide bonds. The van der Waals surface area contributed by atoms with Gasteiger partial charge in [-0.1, -0.05) is 51.0 Å². The van der Waals surface area contributed by atoms with Gasteiger partial charge in [0.15, 0.2) is 0 Å². The Balaban J connectivity index is 2.72. The van der Waals surface area contributed by atoms with Crippen LogP contribution in [-0.4, -0.2) is 12.2 Å². The summed E-state index contributed by atoms with van der Waals surface area (Å²) in [5, 5.41) is 10.2. The van der Waals surface area contributed by atoms with Crippen LogP contribution in [0.4, 0.5) is 0 Å². The highest BCUT2D eigenvalue weighted by atomic mass is 16.5. The second-order valence-electron chi connectivity index (χ2n) is 4.20. The number of methoxy groups -OCH3 is 1. The Morgan fingerprint density at radius 3 is 2.12 bits per heavy atom. The van der Waals surface area contributed by atoms with Gasteiger partial charge in [0, 0.05) is 7.11 Å². The van der Waals surface area contributed by atoms with Crippen LogP contribution in [0.5, 0.6) is 0 Å². The number of ether oxygens (including phenoxy) is 1. The van der Waals surface area contributed by atoms with Crippen LogP contribution in [-0.2, 0) is 11.3 Å². The maximum absolute atomic E-state index is 10.2. The molecule has 2 heteroatoms. The predicted molar refractivity (Wildman–Crippen MR) is 66.2 cm³/mol. The number of benzene rings is 1. The van der Waals surface area contributed by atoms with Crippen molar-refractivity contribution in [2.75, 3.05) is 7.11 Å². The van der Waals surface area contributed by atoms with Crippen molar-refractivity contribution in [2.24, 2.45) is 5.92 Å². The molecule has 0 saturated heterocycles. The van der Waals surface area contributed by atoms with Gasteiger partial charge in [-0.05, 0) is 17.0 Å². The third-order valence-electron chi connectivity index (χ3n) is 3.13. The van der Waals surface area contributed by atoms with Gasteiger partial charge in [0.05, 0.1) is 12.7 Å². The standard InChI is InChI=1S/C14H22O2/c1-4-12(5-2)14(15)13-8-6-11(7-9-13)10-16-3/h6-9,12,14-15H,4-5,10H2,1-3H3. The summed E-state index contributed by atoms with van der Waals surface area (Å²) < 4.78 is 5.06. The summed E-state index contributed by atoms with van der Waals surface area (Å²) in [4.78, 5) is 0. The highest BCUT2D eigenvalue weighted by molar-refractivity contribution is 5.24. The van der Waals surface area contributed by atoms with Crippen molar-refractivity contribution in [2.45, 2.75) is 39.4 Å². The van der Waals surface area contributed by atoms with Crippen molar-refractivity contribution < 1.29 is 9.84 Å². The fourth-order valence-electron chi connectivity index (χ4n) is 1.99. The monoisotopic (exact) mass is 222 g/mol. The van der Waals surface area contributed by atoms with Crippen LogP contribution >= 0.6 is 0 Å². The molecular formula is C14H22O2. The molecule has 0 bridgehead atoms. The average molecular weight is 222 g/mol. The van der Waals surface area contributed by atoms with Crippen molar-refractivity contribution in [1.82, 2.24) is 0 Å². The lowest BCUT2D eigenvalue weighted by atomic mass is 9.91. The van der Waals surface area contributed by atoms with E-state index in [1.807, 2.05) is 24.3 Å². The largest absolute Gasteiger partial charge is 0.388 e. The maximum Gasteiger partial charge on any atom is 0.0818 e. The predicted octanol–water partition coefficient (Wildman–Crippen LogP) is 3.30. The minimum absolute atomic E-state index is 0.341. The zero-order valence-corrected chi connectivity index (χ0v) is 10.4. The molecule has 1 unspecified atom stereocenters. The van der Waals surface area contributed by atoms with Crippen LogP contribution in [0.3, 0.4) is 0 Å². The molecule has 1 rings (SSSR count). The van der Waals surface area contributed by atoms with Gasteiger partial charge in [-0.3, -0.25) is 0 Å². The Morgan fingerprint density at radius 2 is 1.69 bits per heavy atom. The van der Waals surface area contributed by atoms with E-state index in [4.69, 9.17) is 4.74 Å². The Hall–Kier alpha value is -0.860. The lowest BCUT2D eigenvalue weighted by Crippen LogP contribution is -2.10. The summed E-state index contributed by atoms with van der Waals surface area (Å²) >= 11 is 0. The van der Waals surface area contributed by atoms with Crippen LogP contribution in [0.1, 0.15) is 43.9 Å². The van der Waals surface area contributed by atoms with Crippen LogP contribution < -0.4 is 0 Å². The molecule has 0 heterocycles. The zero-order valence-electron chi connectivity index (χ0n) is 10.4. The van der Waals surface area contributed by atoms with Crippen LogP contribution in [0.15, 0.2) is 24.3 Å². The van der Waals surface area contributed by atoms with E-state index in [1.165, 1.54) is 0 Å². The van der Waals surface area contributed by atoms with Crippen LogP contribution in [0.2, 0.25) is 0 Å². The van der Waals surface area contributed by atoms with Crippen molar-refractivity contribution in [3.63, 3.8) is 0 Å². The van der Waals surface area contributed by atoms with Gasteiger partial charge >= 0.3 is 0 Å². The van der Waals surface area contributed by atoms with Crippen molar-refractivity contribution in [1.29, 1.82) is 0 Å². The lowest BCUT2D eigenvalue weighted by Gasteiger charge is -2.20. The van der Waals surface area contributed by atoms with Crippen molar-refractivity contribution in [3.8, 4) is 0 Å². The highest BCUT2D eigenvalue weighted by Crippen LogP contribution is 2.27. The summed E-state index contributed by atoms with van der Waals surface area (Å²) in [5.41, 5.74) is 2.15. The Kier molecular flexibility index (Phi) is 5.50. The fraction of sp³-hybridized carbons (Fsp3) is 0.571. The maximum atomic E-state index is 10.2. The summed E-state index contributed by atoms with van der Waals surface area (Å²) in [7, 11) is 1.69. The van der Waals surface area contributed by atoms with Gasteiger partial charge in [0.1, 0.15) is 0 Å². The second kappa shape index (κ2) is 6.66. The van der Waals surface area contributed by atoms with E-state index < -0.39 is 0 Å². The van der Waals surface area contributed by atoms with E-state index in [-0.39, 0.29) is 6.10 Å². The molecule has 1 aromatic rings. The molecular weight excluding hydrogens is 200 g/mol. The summed E-state index contributed by atoms with van der Waals surface area (Å²) in [5.74, 6) is 0.355. The second-order valence-corrected chi connectivity index (χ2v) is 4.20. The van der Waals surface area contributed by atoms with Crippen molar-refractivity contribution >= 4 is 0 Å². The first-order chi connectivity index (χ1) is 7.72. The molecule has 0 fully saturated rings. The SMILES string of the molecule is CCC(CC)C(O)c1ccc(COC)cc1. The molecule has 16 heavy (non-hydrogen) atoms. The minimum atomic E-state index is -0.341. The third-order valence-corrected chi connectivity index (χ3v) is 3.13. The summed E-state index contributed by atoms with van der Waals surface area (Å²) in [6.07, 6.45) is 1.68. The molecule has 0 aliphatic carbocycles. The van der Waals surface area contributed by atoms with E-state index in [2.05, 4.69) is 13.8 Å². The topological polar surface area (TPSA) is 29.5 Å². The first-order valence-corrected chi connectivity index (χ1v) is 5.98. The molecule has 0 aromatic heterocycles. The van der Waals surface area contributed by atoms with E-state index in [9.17, 15) is 5.11 Å². The number of aliphatic hydroxyl groups excluding tert-OH is 1. The zero-order chi connectivity index (χ0) is 12.0. The van der Waals surface area contributed by atoms with Crippen molar-refractivity contribution in [3.05, 3.63) is 35.4 Å². The summed E-state index contributed by atoms with van der Waals surface area (Å²) in [6, 6.07) is 8.03. The minimum Gasteiger partial charge on any atom is -0.388 e. The number of rotatable bonds is 6. The van der Waals surface area contributed by atoms with Gasteiger partial charge in [-0.15, -0.1) is 0 Å². The molecule has 0 radical (unpaired) electrons. The first kappa shape index (κ1) is 13.2. The Labute approximate surface area is 98.3 Å². The normalized spacial score (nSPS) is 13.1. The van der Waals surface area contributed by atoms with Gasteiger partial charge in [0.2, 0.25) is 0 Å².